The van der Waals surface area contributed by atoms with Crippen molar-refractivity contribution in [3.05, 3.63) is 35.9 Å². The van der Waals surface area contributed by atoms with E-state index in [2.05, 4.69) is 48.1 Å². The summed E-state index contributed by atoms with van der Waals surface area (Å²) in [5.41, 5.74) is 5.97. The Hall–Kier alpha value is -1.68. The third kappa shape index (κ3) is 5.26. The number of aryl methyl sites for hydroxylation is 1. The Morgan fingerprint density at radius 3 is 2.29 bits per heavy atom. The van der Waals surface area contributed by atoms with E-state index in [-0.39, 0.29) is 6.54 Å². The summed E-state index contributed by atoms with van der Waals surface area (Å²) >= 11 is 0. The number of hydrogen-bond donors (Lipinski definition) is 2. The maximum absolute atomic E-state index is 10.1. The van der Waals surface area contributed by atoms with Crippen LogP contribution in [-0.2, 0) is 16.0 Å². The summed E-state index contributed by atoms with van der Waals surface area (Å²) in [6.45, 7) is 2.35. The molecule has 4 heteroatoms. The summed E-state index contributed by atoms with van der Waals surface area (Å²) in [5, 5.41) is 0. The van der Waals surface area contributed by atoms with E-state index in [1.807, 2.05) is 0 Å². The van der Waals surface area contributed by atoms with Crippen molar-refractivity contribution in [2.45, 2.75) is 26.2 Å². The second-order valence-electron chi connectivity index (χ2n) is 3.82. The number of nitrogens with one attached hydrogen (secondary N) is 2. The summed E-state index contributed by atoms with van der Waals surface area (Å²) in [6, 6.07) is 10.6. The molecule has 4 nitrogen and oxygen atoms in total. The minimum atomic E-state index is -0.542. The molecule has 1 amide bonds. The van der Waals surface area contributed by atoms with Crippen molar-refractivity contribution in [3.8, 4) is 0 Å². The van der Waals surface area contributed by atoms with Gasteiger partial charge in [-0.15, -0.1) is 0 Å². The van der Waals surface area contributed by atoms with Gasteiger partial charge in [-0.3, -0.25) is 15.0 Å². The van der Waals surface area contributed by atoms with E-state index in [0.29, 0.717) is 0 Å². The van der Waals surface area contributed by atoms with Gasteiger partial charge in [0.1, 0.15) is 0 Å². The van der Waals surface area contributed by atoms with E-state index in [1.54, 1.807) is 0 Å². The van der Waals surface area contributed by atoms with Crippen molar-refractivity contribution in [3.63, 3.8) is 0 Å². The number of hydrogen-bond acceptors (Lipinski definition) is 3. The molecule has 0 aliphatic carbocycles. The monoisotopic (exact) mass is 234 g/mol. The van der Waals surface area contributed by atoms with Crippen LogP contribution in [0.15, 0.2) is 30.3 Å². The van der Waals surface area contributed by atoms with Crippen LogP contribution in [0.3, 0.4) is 0 Å². The topological polar surface area (TPSA) is 58.2 Å². The predicted molar refractivity (Wildman–Crippen MR) is 66.2 cm³/mol. The van der Waals surface area contributed by atoms with Gasteiger partial charge in [-0.25, -0.2) is 5.43 Å². The van der Waals surface area contributed by atoms with Crippen LogP contribution in [0, 0.1) is 0 Å². The summed E-state index contributed by atoms with van der Waals surface area (Å²) in [4.78, 5) is 20.2. The molecule has 1 fully saturated rings. The Morgan fingerprint density at radius 1 is 1.18 bits per heavy atom. The molecular weight excluding hydrogens is 216 g/mol. The van der Waals surface area contributed by atoms with Crippen LogP contribution in [0.2, 0.25) is 0 Å². The van der Waals surface area contributed by atoms with Gasteiger partial charge in [-0.2, -0.15) is 0 Å². The fourth-order valence-corrected chi connectivity index (χ4v) is 1.38. The lowest BCUT2D eigenvalue weighted by Gasteiger charge is -1.96. The first-order chi connectivity index (χ1) is 8.24. The molecule has 2 rings (SSSR count). The Kier molecular flexibility index (Phi) is 5.96. The average Bonchev–Trinajstić information content (AvgIpc) is 2.73. The predicted octanol–water partition coefficient (Wildman–Crippen LogP) is 1.22. The second-order valence-corrected chi connectivity index (χ2v) is 3.82. The number of amides is 1. The normalized spacial score (nSPS) is 13.9. The molecule has 92 valence electrons. The van der Waals surface area contributed by atoms with E-state index < -0.39 is 11.7 Å². The fourth-order valence-electron chi connectivity index (χ4n) is 1.38. The third-order valence-corrected chi connectivity index (χ3v) is 2.37. The molecular formula is C13H18N2O2. The molecule has 1 heterocycles. The van der Waals surface area contributed by atoms with Gasteiger partial charge in [0.2, 0.25) is 5.78 Å². The van der Waals surface area contributed by atoms with Crippen molar-refractivity contribution < 1.29 is 9.59 Å². The first-order valence-corrected chi connectivity index (χ1v) is 5.84. The lowest BCUT2D eigenvalue weighted by molar-refractivity contribution is -0.134. The smallest absolute Gasteiger partial charge is 0.287 e. The number of carbonyl (C=O) groups is 2. The van der Waals surface area contributed by atoms with Crippen LogP contribution in [0.5, 0.6) is 0 Å². The average molecular weight is 234 g/mol. The molecule has 0 spiro atoms. The van der Waals surface area contributed by atoms with Crippen LogP contribution in [0.1, 0.15) is 25.3 Å². The number of hydrazine groups is 1. The summed E-state index contributed by atoms with van der Waals surface area (Å²) in [5.74, 6) is -0.944. The molecule has 0 saturated carbocycles. The summed E-state index contributed by atoms with van der Waals surface area (Å²) in [6.07, 6.45) is 3.83. The van der Waals surface area contributed by atoms with E-state index in [0.717, 1.165) is 0 Å². The molecule has 1 aromatic carbocycles. The summed E-state index contributed by atoms with van der Waals surface area (Å²) in [7, 11) is 0. The van der Waals surface area contributed by atoms with Gasteiger partial charge in [-0.05, 0) is 18.4 Å². The van der Waals surface area contributed by atoms with Gasteiger partial charge in [-0.1, -0.05) is 43.7 Å². The minimum Gasteiger partial charge on any atom is -0.287 e. The first-order valence-electron chi connectivity index (χ1n) is 5.84. The second kappa shape index (κ2) is 7.57. The summed E-state index contributed by atoms with van der Waals surface area (Å²) < 4.78 is 0. The largest absolute Gasteiger partial charge is 0.302 e. The highest BCUT2D eigenvalue weighted by Gasteiger charge is 2.18. The van der Waals surface area contributed by atoms with Crippen LogP contribution in [0.25, 0.3) is 0 Å². The lowest BCUT2D eigenvalue weighted by atomic mass is 10.1. The molecule has 1 aromatic rings. The molecule has 1 aliphatic rings. The number of ketones is 1. The third-order valence-electron chi connectivity index (χ3n) is 2.37. The van der Waals surface area contributed by atoms with Crippen molar-refractivity contribution >= 4 is 11.7 Å². The number of carbonyl (C=O) groups excluding carboxylic acids is 2. The first kappa shape index (κ1) is 13.4. The fraction of sp³-hybridized carbons (Fsp3) is 0.385. The van der Waals surface area contributed by atoms with Gasteiger partial charge in [0, 0.05) is 0 Å². The van der Waals surface area contributed by atoms with Crippen LogP contribution < -0.4 is 10.9 Å². The van der Waals surface area contributed by atoms with Gasteiger partial charge in [0.15, 0.2) is 0 Å². The molecule has 1 saturated heterocycles. The highest BCUT2D eigenvalue weighted by molar-refractivity contribution is 6.38. The van der Waals surface area contributed by atoms with Crippen LogP contribution >= 0.6 is 0 Å². The van der Waals surface area contributed by atoms with Gasteiger partial charge in [0.05, 0.1) is 6.54 Å². The number of unbranched alkanes of at least 4 members (excludes halogenated alkanes) is 1. The van der Waals surface area contributed by atoms with Crippen molar-refractivity contribution in [2.75, 3.05) is 6.54 Å². The maximum Gasteiger partial charge on any atom is 0.302 e. The minimum absolute atomic E-state index is 0.124. The van der Waals surface area contributed by atoms with Crippen molar-refractivity contribution in [2.24, 2.45) is 0 Å². The van der Waals surface area contributed by atoms with E-state index in [4.69, 9.17) is 0 Å². The molecule has 1 aliphatic heterocycles. The SMILES string of the molecule is CCCCc1ccccc1.O=C1CNNC1=O. The zero-order chi connectivity index (χ0) is 12.5. The molecule has 0 atom stereocenters. The van der Waals surface area contributed by atoms with E-state index in [1.165, 1.54) is 24.8 Å². The molecule has 0 aromatic heterocycles. The number of rotatable bonds is 3. The molecule has 17 heavy (non-hydrogen) atoms. The van der Waals surface area contributed by atoms with E-state index >= 15 is 0 Å². The highest BCUT2D eigenvalue weighted by Crippen LogP contribution is 2.03. The van der Waals surface area contributed by atoms with E-state index in [9.17, 15) is 9.59 Å². The van der Waals surface area contributed by atoms with Crippen LogP contribution in [-0.4, -0.2) is 18.2 Å². The Balaban J connectivity index is 0.000000181. The van der Waals surface area contributed by atoms with Crippen LogP contribution in [0.4, 0.5) is 0 Å². The Bertz CT molecular complexity index is 349. The standard InChI is InChI=1S/C10H14.C3H4N2O2/c1-2-3-7-10-8-5-4-6-9-10;6-2-1-4-5-3(2)7/h4-6,8-9H,2-3,7H2,1H3;4H,1H2,(H,5,7). The van der Waals surface area contributed by atoms with Gasteiger partial charge >= 0.3 is 5.91 Å². The Labute approximate surface area is 101 Å². The Morgan fingerprint density at radius 2 is 1.88 bits per heavy atom. The van der Waals surface area contributed by atoms with Gasteiger partial charge in [0.25, 0.3) is 0 Å². The number of Topliss-reactive ketones (excluding diaryl/α,β-unsaturated/α-hetero) is 1. The van der Waals surface area contributed by atoms with Gasteiger partial charge < -0.3 is 0 Å². The van der Waals surface area contributed by atoms with Crippen molar-refractivity contribution in [1.82, 2.24) is 10.9 Å². The number of benzene rings is 1. The molecule has 0 radical (unpaired) electrons. The lowest BCUT2D eigenvalue weighted by Crippen LogP contribution is -2.26. The quantitative estimate of drug-likeness (QED) is 0.773. The molecule has 2 N–H and O–H groups in total. The maximum atomic E-state index is 10.1. The molecule has 0 unspecified atom stereocenters. The van der Waals surface area contributed by atoms with Crippen molar-refractivity contribution in [1.29, 1.82) is 0 Å². The molecule has 0 bridgehead atoms. The highest BCUT2D eigenvalue weighted by atomic mass is 16.2. The zero-order valence-corrected chi connectivity index (χ0v) is 10.0. The zero-order valence-electron chi connectivity index (χ0n) is 10.0.